The maximum absolute atomic E-state index is 14.1. The largest absolute Gasteiger partial charge is 1.00 e. The first kappa shape index (κ1) is 26.7. The minimum atomic E-state index is -4.97. The fourth-order valence-electron chi connectivity index (χ4n) is 3.92. The number of hydrogen-bond donors (Lipinski definition) is 1. The minimum Gasteiger partial charge on any atom is -1.00 e. The zero-order valence-electron chi connectivity index (χ0n) is 20.1. The van der Waals surface area contributed by atoms with Gasteiger partial charge in [0.2, 0.25) is 0 Å². The summed E-state index contributed by atoms with van der Waals surface area (Å²) >= 11 is 0. The molecule has 6 nitrogen and oxygen atoms in total. The summed E-state index contributed by atoms with van der Waals surface area (Å²) < 4.78 is 81.6. The number of rotatable bonds is 2. The van der Waals surface area contributed by atoms with E-state index in [4.69, 9.17) is 0 Å². The third kappa shape index (κ3) is 5.22. The molecule has 5 rings (SSSR count). The van der Waals surface area contributed by atoms with Crippen LogP contribution in [0.25, 0.3) is 5.69 Å². The van der Waals surface area contributed by atoms with Crippen molar-refractivity contribution in [1.82, 2.24) is 14.8 Å². The maximum Gasteiger partial charge on any atom is 1.00 e. The van der Waals surface area contributed by atoms with Crippen molar-refractivity contribution in [3.8, 4) is 5.69 Å². The van der Waals surface area contributed by atoms with Crippen molar-refractivity contribution >= 4 is 23.1 Å². The zero-order valence-corrected chi connectivity index (χ0v) is 21.1. The van der Waals surface area contributed by atoms with E-state index in [-0.39, 0.29) is 43.2 Å². The summed E-state index contributed by atoms with van der Waals surface area (Å²) in [5.41, 5.74) is -2.07. The van der Waals surface area contributed by atoms with Gasteiger partial charge >= 0.3 is 41.9 Å². The molecule has 0 spiro atoms. The van der Waals surface area contributed by atoms with Crippen LogP contribution in [0.5, 0.6) is 0 Å². The Labute approximate surface area is 229 Å². The van der Waals surface area contributed by atoms with Crippen LogP contribution in [-0.4, -0.2) is 20.7 Å². The van der Waals surface area contributed by atoms with E-state index in [2.05, 4.69) is 15.4 Å². The van der Waals surface area contributed by atoms with Gasteiger partial charge in [0, 0.05) is 18.0 Å². The molecule has 186 valence electrons. The Bertz CT molecular complexity index is 1470. The number of alkyl halides is 6. The number of fused-ring (bicyclic) bond motifs is 2. The van der Waals surface area contributed by atoms with Crippen molar-refractivity contribution in [3.63, 3.8) is 0 Å². The Kier molecular flexibility index (Phi) is 7.10. The molecule has 0 radical (unpaired) electrons. The number of carbonyl (C=O) groups excluding carboxylic acids is 1. The molecule has 1 aliphatic rings. The second kappa shape index (κ2) is 9.84. The SMILES string of the molecule is O=C(c1ccc(-n2ccc(C(F)(F)F)n2)cc1C(F)(F)F)N1Cc2cccnc2Nc2ccccc21.[H-].[Na+]. The molecule has 0 saturated carbocycles. The van der Waals surface area contributed by atoms with E-state index in [9.17, 15) is 31.1 Å². The number of aromatic nitrogens is 3. The van der Waals surface area contributed by atoms with Crippen molar-refractivity contribution in [3.05, 3.63) is 95.4 Å². The molecular formula is C24H16F6N5NaO. The van der Waals surface area contributed by atoms with E-state index in [0.717, 1.165) is 18.3 Å². The molecule has 37 heavy (non-hydrogen) atoms. The van der Waals surface area contributed by atoms with Crippen LogP contribution in [0.1, 0.15) is 28.6 Å². The van der Waals surface area contributed by atoms with Crippen LogP contribution in [-0.2, 0) is 18.9 Å². The number of para-hydroxylation sites is 2. The first-order chi connectivity index (χ1) is 17.0. The van der Waals surface area contributed by atoms with E-state index < -0.39 is 35.1 Å². The summed E-state index contributed by atoms with van der Waals surface area (Å²) in [4.78, 5) is 19.0. The molecular weight excluding hydrogens is 511 g/mol. The van der Waals surface area contributed by atoms with E-state index in [0.29, 0.717) is 39.6 Å². The van der Waals surface area contributed by atoms with E-state index in [1.807, 2.05) is 0 Å². The Morgan fingerprint density at radius 3 is 2.41 bits per heavy atom. The zero-order chi connectivity index (χ0) is 25.7. The number of nitrogens with one attached hydrogen (secondary N) is 1. The number of anilines is 3. The number of nitrogens with zero attached hydrogens (tertiary/aromatic N) is 4. The molecule has 2 aromatic carbocycles. The molecule has 1 N–H and O–H groups in total. The van der Waals surface area contributed by atoms with Crippen molar-refractivity contribution in [2.45, 2.75) is 18.9 Å². The maximum atomic E-state index is 14.1. The van der Waals surface area contributed by atoms with Crippen LogP contribution >= 0.6 is 0 Å². The van der Waals surface area contributed by atoms with Gasteiger partial charge in [-0.25, -0.2) is 9.67 Å². The molecule has 1 aliphatic heterocycles. The van der Waals surface area contributed by atoms with Gasteiger partial charge < -0.3 is 11.6 Å². The molecule has 0 saturated heterocycles. The van der Waals surface area contributed by atoms with E-state index in [1.165, 1.54) is 4.90 Å². The predicted molar refractivity (Wildman–Crippen MR) is 119 cm³/mol. The third-order valence-corrected chi connectivity index (χ3v) is 5.60. The van der Waals surface area contributed by atoms with Crippen molar-refractivity contribution in [2.24, 2.45) is 0 Å². The van der Waals surface area contributed by atoms with Gasteiger partial charge in [0.05, 0.1) is 34.7 Å². The number of halogens is 6. The molecule has 0 aliphatic carbocycles. The van der Waals surface area contributed by atoms with E-state index in [1.54, 1.807) is 42.6 Å². The normalized spacial score (nSPS) is 13.1. The van der Waals surface area contributed by atoms with Crippen LogP contribution < -0.4 is 39.8 Å². The van der Waals surface area contributed by atoms with Gasteiger partial charge in [0.15, 0.2) is 5.69 Å². The summed E-state index contributed by atoms with van der Waals surface area (Å²) in [5, 5.41) is 6.42. The van der Waals surface area contributed by atoms with Crippen LogP contribution in [0.4, 0.5) is 43.5 Å². The monoisotopic (exact) mass is 527 g/mol. The molecule has 0 atom stereocenters. The molecule has 0 fully saturated rings. The van der Waals surface area contributed by atoms with Gasteiger partial charge in [0.1, 0.15) is 5.82 Å². The summed E-state index contributed by atoms with van der Waals surface area (Å²) in [6, 6.07) is 13.3. The summed E-state index contributed by atoms with van der Waals surface area (Å²) in [5.74, 6) is -0.470. The number of benzene rings is 2. The van der Waals surface area contributed by atoms with Gasteiger partial charge in [-0.1, -0.05) is 18.2 Å². The quantitative estimate of drug-likeness (QED) is 0.321. The summed E-state index contributed by atoms with van der Waals surface area (Å²) in [6.07, 6.45) is -7.27. The fraction of sp³-hybridized carbons (Fsp3) is 0.125. The smallest absolute Gasteiger partial charge is 1.00 e. The Morgan fingerprint density at radius 2 is 1.70 bits per heavy atom. The number of carbonyl (C=O) groups is 1. The molecule has 2 aromatic heterocycles. The first-order valence-corrected chi connectivity index (χ1v) is 10.5. The first-order valence-electron chi connectivity index (χ1n) is 10.5. The molecule has 4 aromatic rings. The predicted octanol–water partition coefficient (Wildman–Crippen LogP) is 3.33. The van der Waals surface area contributed by atoms with E-state index >= 15 is 0 Å². The van der Waals surface area contributed by atoms with Gasteiger partial charge in [-0.05, 0) is 42.5 Å². The van der Waals surface area contributed by atoms with Gasteiger partial charge in [-0.2, -0.15) is 31.4 Å². The third-order valence-electron chi connectivity index (χ3n) is 5.60. The minimum absolute atomic E-state index is 0. The van der Waals surface area contributed by atoms with Crippen LogP contribution in [0.3, 0.4) is 0 Å². The van der Waals surface area contributed by atoms with Gasteiger partial charge in [-0.15, -0.1) is 0 Å². The Balaban J connectivity index is 0.00000200. The second-order valence-electron chi connectivity index (χ2n) is 7.92. The van der Waals surface area contributed by atoms with Crippen LogP contribution in [0, 0.1) is 0 Å². The number of hydrogen-bond acceptors (Lipinski definition) is 4. The van der Waals surface area contributed by atoms with Crippen LogP contribution in [0.2, 0.25) is 0 Å². The standard InChI is InChI=1S/C24H15F6N5O.Na.H/c25-23(26,27)17-12-15(35-11-9-20(33-35)24(28,29)30)7-8-16(17)22(36)34-13-14-4-3-10-31-21(14)32-18-5-1-2-6-19(18)34;;/h1-12H,13H2,(H,31,32);;/q;+1;-1. The van der Waals surface area contributed by atoms with Crippen molar-refractivity contribution in [1.29, 1.82) is 0 Å². The Hall–Kier alpha value is -3.35. The molecule has 1 amide bonds. The summed E-state index contributed by atoms with van der Waals surface area (Å²) in [7, 11) is 0. The molecule has 13 heteroatoms. The molecule has 3 heterocycles. The van der Waals surface area contributed by atoms with Crippen molar-refractivity contribution in [2.75, 3.05) is 10.2 Å². The average Bonchev–Trinajstić information content (AvgIpc) is 3.27. The fourth-order valence-corrected chi connectivity index (χ4v) is 3.92. The summed E-state index contributed by atoms with van der Waals surface area (Å²) in [6.45, 7) is -0.0564. The molecule has 0 unspecified atom stereocenters. The van der Waals surface area contributed by atoms with Crippen molar-refractivity contribution < 1.29 is 62.1 Å². The second-order valence-corrected chi connectivity index (χ2v) is 7.92. The molecule has 0 bridgehead atoms. The number of pyridine rings is 1. The van der Waals surface area contributed by atoms with Crippen LogP contribution in [0.15, 0.2) is 73.1 Å². The topological polar surface area (TPSA) is 63.1 Å². The average molecular weight is 527 g/mol. The number of amides is 1. The Morgan fingerprint density at radius 1 is 0.946 bits per heavy atom. The van der Waals surface area contributed by atoms with Gasteiger partial charge in [0.25, 0.3) is 5.91 Å². The van der Waals surface area contributed by atoms with Gasteiger partial charge in [-0.3, -0.25) is 4.79 Å².